The number of thiazole rings is 1. The van der Waals surface area contributed by atoms with Gasteiger partial charge in [-0.15, -0.1) is 11.3 Å². The van der Waals surface area contributed by atoms with Crippen molar-refractivity contribution < 1.29 is 14.3 Å². The molecule has 1 atom stereocenters. The number of nitrogens with one attached hydrogen (secondary N) is 1. The Kier molecular flexibility index (Phi) is 5.19. The van der Waals surface area contributed by atoms with Gasteiger partial charge in [-0.3, -0.25) is 14.5 Å². The molecule has 116 valence electrons. The minimum atomic E-state index is -0.330. The van der Waals surface area contributed by atoms with E-state index in [1.165, 1.54) is 7.11 Å². The maximum Gasteiger partial charge on any atom is 0.322 e. The molecule has 0 aliphatic rings. The zero-order chi connectivity index (χ0) is 15.4. The highest BCUT2D eigenvalue weighted by Gasteiger charge is 2.22. The predicted molar refractivity (Wildman–Crippen MR) is 81.7 cm³/mol. The van der Waals surface area contributed by atoms with E-state index in [1.54, 1.807) is 18.4 Å². The van der Waals surface area contributed by atoms with Gasteiger partial charge in [0.05, 0.1) is 14.2 Å². The van der Waals surface area contributed by atoms with Gasteiger partial charge in [0.15, 0.2) is 4.96 Å². The van der Waals surface area contributed by atoms with Crippen LogP contribution in [0.4, 0.5) is 0 Å². The van der Waals surface area contributed by atoms with E-state index < -0.39 is 0 Å². The van der Waals surface area contributed by atoms with Crippen molar-refractivity contribution >= 4 is 22.3 Å². The first-order valence-electron chi connectivity index (χ1n) is 6.86. The highest BCUT2D eigenvalue weighted by Crippen LogP contribution is 2.23. The van der Waals surface area contributed by atoms with Gasteiger partial charge < -0.3 is 9.47 Å². The summed E-state index contributed by atoms with van der Waals surface area (Å²) < 4.78 is 12.1. The number of rotatable bonds is 7. The van der Waals surface area contributed by atoms with Gasteiger partial charge in [0, 0.05) is 18.1 Å². The number of nitrogens with zero attached hydrogens (tertiary/aromatic N) is 2. The van der Waals surface area contributed by atoms with E-state index in [2.05, 4.69) is 24.1 Å². The molecule has 1 N–H and O–H groups in total. The van der Waals surface area contributed by atoms with Crippen molar-refractivity contribution in [3.8, 4) is 5.88 Å². The highest BCUT2D eigenvalue weighted by molar-refractivity contribution is 7.15. The summed E-state index contributed by atoms with van der Waals surface area (Å²) in [6.45, 7) is 4.65. The molecule has 0 saturated carbocycles. The van der Waals surface area contributed by atoms with Gasteiger partial charge in [-0.25, -0.2) is 0 Å². The quantitative estimate of drug-likeness (QED) is 0.793. The van der Waals surface area contributed by atoms with Crippen molar-refractivity contribution in [3.63, 3.8) is 0 Å². The first-order valence-corrected chi connectivity index (χ1v) is 7.74. The van der Waals surface area contributed by atoms with Gasteiger partial charge in [0.1, 0.15) is 11.7 Å². The Labute approximate surface area is 128 Å². The van der Waals surface area contributed by atoms with Crippen molar-refractivity contribution in [1.82, 2.24) is 14.7 Å². The number of aromatic nitrogens is 2. The lowest BCUT2D eigenvalue weighted by molar-refractivity contribution is -0.143. The SMILES string of the molecule is COC(=O)C(CC(C)C)NCc1c(OC)nc2sccn12. The second-order valence-electron chi connectivity index (χ2n) is 5.21. The molecule has 0 aliphatic carbocycles. The molecular weight excluding hydrogens is 290 g/mol. The smallest absolute Gasteiger partial charge is 0.322 e. The van der Waals surface area contributed by atoms with Crippen LogP contribution in [0.5, 0.6) is 5.88 Å². The fourth-order valence-electron chi connectivity index (χ4n) is 2.23. The molecule has 0 aliphatic heterocycles. The van der Waals surface area contributed by atoms with Crippen molar-refractivity contribution in [2.75, 3.05) is 14.2 Å². The van der Waals surface area contributed by atoms with Gasteiger partial charge in [0.2, 0.25) is 5.88 Å². The number of hydrogen-bond acceptors (Lipinski definition) is 6. The van der Waals surface area contributed by atoms with Crippen molar-refractivity contribution in [2.24, 2.45) is 5.92 Å². The number of carbonyl (C=O) groups is 1. The Balaban J connectivity index is 2.14. The molecule has 0 saturated heterocycles. The van der Waals surface area contributed by atoms with Gasteiger partial charge in [0.25, 0.3) is 0 Å². The van der Waals surface area contributed by atoms with Crippen LogP contribution in [0.3, 0.4) is 0 Å². The minimum Gasteiger partial charge on any atom is -0.480 e. The van der Waals surface area contributed by atoms with Crippen LogP contribution in [0, 0.1) is 5.92 Å². The molecule has 0 radical (unpaired) electrons. The largest absolute Gasteiger partial charge is 0.480 e. The minimum absolute atomic E-state index is 0.242. The number of ether oxygens (including phenoxy) is 2. The fraction of sp³-hybridized carbons (Fsp3) is 0.571. The summed E-state index contributed by atoms with van der Waals surface area (Å²) in [5, 5.41) is 5.22. The molecule has 6 nitrogen and oxygen atoms in total. The van der Waals surface area contributed by atoms with Crippen LogP contribution in [0.2, 0.25) is 0 Å². The predicted octanol–water partition coefficient (Wildman–Crippen LogP) is 2.08. The molecule has 2 aromatic heterocycles. The Morgan fingerprint density at radius 2 is 2.24 bits per heavy atom. The third-order valence-electron chi connectivity index (χ3n) is 3.23. The standard InChI is InChI=1S/C14H21N3O3S/c1-9(2)7-10(13(18)20-4)15-8-11-12(19-3)16-14-17(11)5-6-21-14/h5-6,9-10,15H,7-8H2,1-4H3. The van der Waals surface area contributed by atoms with Crippen molar-refractivity contribution in [1.29, 1.82) is 0 Å². The summed E-state index contributed by atoms with van der Waals surface area (Å²) in [5.41, 5.74) is 0.909. The molecule has 2 rings (SSSR count). The lowest BCUT2D eigenvalue weighted by Crippen LogP contribution is -2.38. The molecule has 2 aromatic rings. The number of esters is 1. The average Bonchev–Trinajstić information content (AvgIpc) is 3.02. The van der Waals surface area contributed by atoms with E-state index in [1.807, 2.05) is 16.0 Å². The molecule has 21 heavy (non-hydrogen) atoms. The lowest BCUT2D eigenvalue weighted by Gasteiger charge is -2.18. The van der Waals surface area contributed by atoms with E-state index in [4.69, 9.17) is 9.47 Å². The van der Waals surface area contributed by atoms with Gasteiger partial charge in [-0.2, -0.15) is 4.98 Å². The monoisotopic (exact) mass is 311 g/mol. The molecule has 0 aromatic carbocycles. The molecule has 0 fully saturated rings. The molecule has 0 amide bonds. The third kappa shape index (κ3) is 3.54. The Morgan fingerprint density at radius 1 is 1.48 bits per heavy atom. The normalized spacial score (nSPS) is 12.8. The van der Waals surface area contributed by atoms with Crippen LogP contribution in [0.1, 0.15) is 26.0 Å². The van der Waals surface area contributed by atoms with E-state index in [0.29, 0.717) is 18.3 Å². The maximum atomic E-state index is 11.8. The van der Waals surface area contributed by atoms with Gasteiger partial charge in [-0.1, -0.05) is 13.8 Å². The Bertz CT molecular complexity index is 606. The van der Waals surface area contributed by atoms with Crippen LogP contribution >= 0.6 is 11.3 Å². The average molecular weight is 311 g/mol. The third-order valence-corrected chi connectivity index (χ3v) is 3.98. The molecular formula is C14H21N3O3S. The highest BCUT2D eigenvalue weighted by atomic mass is 32.1. The summed E-state index contributed by atoms with van der Waals surface area (Å²) in [5.74, 6) is 0.742. The first kappa shape index (κ1) is 15.8. The first-order chi connectivity index (χ1) is 10.1. The summed E-state index contributed by atoms with van der Waals surface area (Å²) in [6.07, 6.45) is 2.67. The molecule has 1 unspecified atom stereocenters. The zero-order valence-corrected chi connectivity index (χ0v) is 13.6. The lowest BCUT2D eigenvalue weighted by atomic mass is 10.0. The number of hydrogen-bond donors (Lipinski definition) is 1. The fourth-order valence-corrected chi connectivity index (χ4v) is 2.96. The van der Waals surface area contributed by atoms with E-state index in [-0.39, 0.29) is 12.0 Å². The van der Waals surface area contributed by atoms with Crippen LogP contribution in [-0.2, 0) is 16.1 Å². The summed E-state index contributed by atoms with van der Waals surface area (Å²) in [7, 11) is 3.01. The van der Waals surface area contributed by atoms with Gasteiger partial charge in [-0.05, 0) is 12.3 Å². The maximum absolute atomic E-state index is 11.8. The topological polar surface area (TPSA) is 64.9 Å². The molecule has 7 heteroatoms. The molecule has 0 bridgehead atoms. The van der Waals surface area contributed by atoms with Crippen LogP contribution in [0.15, 0.2) is 11.6 Å². The van der Waals surface area contributed by atoms with E-state index in [9.17, 15) is 4.79 Å². The number of fused-ring (bicyclic) bond motifs is 1. The van der Waals surface area contributed by atoms with Crippen LogP contribution in [0.25, 0.3) is 4.96 Å². The summed E-state index contributed by atoms with van der Waals surface area (Å²) in [6, 6.07) is -0.330. The van der Waals surface area contributed by atoms with E-state index in [0.717, 1.165) is 17.1 Å². The Hall–Kier alpha value is -1.60. The van der Waals surface area contributed by atoms with E-state index >= 15 is 0 Å². The van der Waals surface area contributed by atoms with Crippen molar-refractivity contribution in [3.05, 3.63) is 17.3 Å². The molecule has 2 heterocycles. The van der Waals surface area contributed by atoms with Crippen molar-refractivity contribution in [2.45, 2.75) is 32.9 Å². The van der Waals surface area contributed by atoms with Crippen LogP contribution < -0.4 is 10.1 Å². The number of carbonyl (C=O) groups excluding carboxylic acids is 1. The zero-order valence-electron chi connectivity index (χ0n) is 12.8. The van der Waals surface area contributed by atoms with Gasteiger partial charge >= 0.3 is 5.97 Å². The summed E-state index contributed by atoms with van der Waals surface area (Å²) in [4.78, 5) is 17.1. The van der Waals surface area contributed by atoms with Crippen LogP contribution in [-0.4, -0.2) is 35.6 Å². The number of methoxy groups -OCH3 is 2. The second-order valence-corrected chi connectivity index (χ2v) is 6.08. The second kappa shape index (κ2) is 6.91. The summed E-state index contributed by atoms with van der Waals surface area (Å²) >= 11 is 1.55. The molecule has 0 spiro atoms. The number of imidazole rings is 1. The Morgan fingerprint density at radius 3 is 2.86 bits per heavy atom.